The highest BCUT2D eigenvalue weighted by molar-refractivity contribution is 8.06. The molecule has 0 saturated carbocycles. The zero-order valence-corrected chi connectivity index (χ0v) is 13.4. The van der Waals surface area contributed by atoms with Crippen LogP contribution in [0.15, 0.2) is 0 Å². The van der Waals surface area contributed by atoms with E-state index in [4.69, 9.17) is 0 Å². The number of thioether (sulfide) groups is 2. The lowest BCUT2D eigenvalue weighted by molar-refractivity contribution is -0.150. The van der Waals surface area contributed by atoms with Gasteiger partial charge in [-0.1, -0.05) is 0 Å². The molecule has 5 nitrogen and oxygen atoms in total. The fraction of sp³-hybridized carbons (Fsp3) is 0.846. The summed E-state index contributed by atoms with van der Waals surface area (Å²) < 4.78 is 0. The van der Waals surface area contributed by atoms with Crippen molar-refractivity contribution in [2.45, 2.75) is 25.0 Å². The van der Waals surface area contributed by atoms with Crippen LogP contribution in [0.1, 0.15) is 19.8 Å². The van der Waals surface area contributed by atoms with Crippen molar-refractivity contribution in [1.29, 1.82) is 0 Å². The molecule has 2 N–H and O–H groups in total. The van der Waals surface area contributed by atoms with Gasteiger partial charge >= 0.3 is 12.0 Å². The molecule has 0 aromatic rings. The van der Waals surface area contributed by atoms with Gasteiger partial charge in [0.05, 0.1) is 5.41 Å². The van der Waals surface area contributed by atoms with Gasteiger partial charge in [-0.3, -0.25) is 4.79 Å². The molecule has 2 amide bonds. The van der Waals surface area contributed by atoms with Crippen LogP contribution in [0.25, 0.3) is 0 Å². The van der Waals surface area contributed by atoms with E-state index in [1.54, 1.807) is 11.8 Å². The molecule has 2 fully saturated rings. The largest absolute Gasteiger partial charge is 0.481 e. The van der Waals surface area contributed by atoms with Crippen molar-refractivity contribution in [3.8, 4) is 0 Å². The first-order valence-corrected chi connectivity index (χ1v) is 9.17. The quantitative estimate of drug-likeness (QED) is 0.829. The number of hydrogen-bond donors (Lipinski definition) is 2. The summed E-state index contributed by atoms with van der Waals surface area (Å²) in [5, 5.41) is 12.7. The van der Waals surface area contributed by atoms with Gasteiger partial charge < -0.3 is 15.3 Å². The van der Waals surface area contributed by atoms with Crippen molar-refractivity contribution in [3.63, 3.8) is 0 Å². The van der Waals surface area contributed by atoms with Gasteiger partial charge in [0.2, 0.25) is 0 Å². The van der Waals surface area contributed by atoms with E-state index in [9.17, 15) is 14.7 Å². The molecule has 0 aromatic carbocycles. The molecule has 0 spiro atoms. The molecule has 2 rings (SSSR count). The molecule has 114 valence electrons. The molecule has 2 aliphatic heterocycles. The van der Waals surface area contributed by atoms with Crippen LogP contribution in [0.2, 0.25) is 0 Å². The minimum Gasteiger partial charge on any atom is -0.481 e. The van der Waals surface area contributed by atoms with Crippen LogP contribution in [0, 0.1) is 5.41 Å². The van der Waals surface area contributed by atoms with E-state index in [-0.39, 0.29) is 6.03 Å². The van der Waals surface area contributed by atoms with Crippen molar-refractivity contribution < 1.29 is 14.7 Å². The second-order valence-electron chi connectivity index (χ2n) is 5.61. The van der Waals surface area contributed by atoms with Crippen LogP contribution in [-0.2, 0) is 4.79 Å². The topological polar surface area (TPSA) is 69.6 Å². The smallest absolute Gasteiger partial charge is 0.317 e. The lowest BCUT2D eigenvalue weighted by Crippen LogP contribution is -2.49. The minimum atomic E-state index is -0.756. The summed E-state index contributed by atoms with van der Waals surface area (Å²) in [5.41, 5.74) is -0.674. The van der Waals surface area contributed by atoms with Gasteiger partial charge in [-0.05, 0) is 19.8 Å². The Bertz CT molecular complexity index is 365. The maximum atomic E-state index is 12.1. The molecule has 1 unspecified atom stereocenters. The third kappa shape index (κ3) is 3.97. The van der Waals surface area contributed by atoms with Crippen molar-refractivity contribution in [1.82, 2.24) is 10.2 Å². The number of piperidine rings is 1. The maximum absolute atomic E-state index is 12.1. The number of carbonyl (C=O) groups excluding carboxylic acids is 1. The molecule has 0 aliphatic carbocycles. The van der Waals surface area contributed by atoms with Crippen LogP contribution >= 0.6 is 23.5 Å². The molecule has 2 saturated heterocycles. The SMILES string of the molecule is CC1(C(=O)O)CCN(C(=O)NCC2CSCCS2)CC1. The number of urea groups is 1. The van der Waals surface area contributed by atoms with Crippen molar-refractivity contribution in [3.05, 3.63) is 0 Å². The van der Waals surface area contributed by atoms with Gasteiger partial charge in [0.15, 0.2) is 0 Å². The predicted molar refractivity (Wildman–Crippen MR) is 83.5 cm³/mol. The monoisotopic (exact) mass is 318 g/mol. The van der Waals surface area contributed by atoms with Gasteiger partial charge in [0, 0.05) is 42.1 Å². The van der Waals surface area contributed by atoms with E-state index in [1.165, 1.54) is 5.75 Å². The van der Waals surface area contributed by atoms with Gasteiger partial charge in [-0.2, -0.15) is 23.5 Å². The Labute approximate surface area is 128 Å². The van der Waals surface area contributed by atoms with E-state index in [2.05, 4.69) is 5.32 Å². The summed E-state index contributed by atoms with van der Waals surface area (Å²) in [4.78, 5) is 25.0. The van der Waals surface area contributed by atoms with E-state index >= 15 is 0 Å². The molecule has 0 radical (unpaired) electrons. The zero-order valence-electron chi connectivity index (χ0n) is 11.8. The lowest BCUT2D eigenvalue weighted by atomic mass is 9.80. The number of amides is 2. The number of hydrogen-bond acceptors (Lipinski definition) is 4. The van der Waals surface area contributed by atoms with E-state index in [0.717, 1.165) is 11.5 Å². The van der Waals surface area contributed by atoms with Crippen LogP contribution in [0.5, 0.6) is 0 Å². The third-order valence-corrected chi connectivity index (χ3v) is 6.88. The van der Waals surface area contributed by atoms with Crippen LogP contribution in [0.3, 0.4) is 0 Å². The Kier molecular flexibility index (Phi) is 5.49. The molecular weight excluding hydrogens is 296 g/mol. The van der Waals surface area contributed by atoms with Crippen molar-refractivity contribution in [2.24, 2.45) is 5.41 Å². The molecular formula is C13H22N2O3S2. The summed E-state index contributed by atoms with van der Waals surface area (Å²) in [6, 6.07) is -0.0476. The highest BCUT2D eigenvalue weighted by atomic mass is 32.2. The Morgan fingerprint density at radius 1 is 1.35 bits per heavy atom. The van der Waals surface area contributed by atoms with Gasteiger partial charge in [0.1, 0.15) is 0 Å². The van der Waals surface area contributed by atoms with Crippen LogP contribution in [-0.4, -0.2) is 64.1 Å². The fourth-order valence-corrected chi connectivity index (χ4v) is 5.00. The summed E-state index contributed by atoms with van der Waals surface area (Å²) in [6.07, 6.45) is 1.06. The number of nitrogens with one attached hydrogen (secondary N) is 1. The van der Waals surface area contributed by atoms with Gasteiger partial charge in [-0.15, -0.1) is 0 Å². The second-order valence-corrected chi connectivity index (χ2v) is 8.16. The zero-order chi connectivity index (χ0) is 14.6. The minimum absolute atomic E-state index is 0.0476. The fourth-order valence-electron chi connectivity index (χ4n) is 2.38. The molecule has 2 heterocycles. The summed E-state index contributed by atoms with van der Waals surface area (Å²) in [5.74, 6) is 2.70. The number of carboxylic acid groups (broad SMARTS) is 1. The Hall–Kier alpha value is -0.560. The molecule has 20 heavy (non-hydrogen) atoms. The molecule has 0 aromatic heterocycles. The first-order chi connectivity index (χ1) is 9.51. The van der Waals surface area contributed by atoms with E-state index in [1.807, 2.05) is 23.5 Å². The lowest BCUT2D eigenvalue weighted by Gasteiger charge is -2.36. The number of nitrogens with zero attached hydrogens (tertiary/aromatic N) is 1. The molecule has 2 aliphatic rings. The highest BCUT2D eigenvalue weighted by Gasteiger charge is 2.38. The van der Waals surface area contributed by atoms with Gasteiger partial charge in [-0.25, -0.2) is 4.79 Å². The average molecular weight is 318 g/mol. The number of likely N-dealkylation sites (tertiary alicyclic amines) is 1. The average Bonchev–Trinajstić information content (AvgIpc) is 2.46. The van der Waals surface area contributed by atoms with Crippen LogP contribution in [0.4, 0.5) is 4.79 Å². The molecule has 1 atom stereocenters. The predicted octanol–water partition coefficient (Wildman–Crippen LogP) is 1.73. The van der Waals surface area contributed by atoms with Crippen LogP contribution < -0.4 is 5.32 Å². The Morgan fingerprint density at radius 2 is 2.05 bits per heavy atom. The van der Waals surface area contributed by atoms with E-state index in [0.29, 0.717) is 37.7 Å². The second kappa shape index (κ2) is 6.93. The number of aliphatic carboxylic acids is 1. The van der Waals surface area contributed by atoms with Crippen molar-refractivity contribution in [2.75, 3.05) is 36.9 Å². The first-order valence-electron chi connectivity index (χ1n) is 6.97. The first kappa shape index (κ1) is 15.8. The summed E-state index contributed by atoms with van der Waals surface area (Å²) >= 11 is 3.87. The van der Waals surface area contributed by atoms with Crippen molar-refractivity contribution >= 4 is 35.5 Å². The molecule has 7 heteroatoms. The Balaban J connectivity index is 1.73. The van der Waals surface area contributed by atoms with Gasteiger partial charge in [0.25, 0.3) is 0 Å². The molecule has 0 bridgehead atoms. The summed E-state index contributed by atoms with van der Waals surface area (Å²) in [7, 11) is 0. The maximum Gasteiger partial charge on any atom is 0.317 e. The number of carboxylic acids is 1. The number of carbonyl (C=O) groups is 2. The summed E-state index contributed by atoms with van der Waals surface area (Å²) in [6.45, 7) is 3.53. The van der Waals surface area contributed by atoms with E-state index < -0.39 is 11.4 Å². The standard InChI is InChI=1S/C13H22N2O3S2/c1-13(11(16)17)2-4-15(5-3-13)12(18)14-8-10-9-19-6-7-20-10/h10H,2-9H2,1H3,(H,14,18)(H,16,17). The highest BCUT2D eigenvalue weighted by Crippen LogP contribution is 2.31. The number of rotatable bonds is 3. The Morgan fingerprint density at radius 3 is 2.60 bits per heavy atom. The normalized spacial score (nSPS) is 26.1. The third-order valence-electron chi connectivity index (χ3n) is 4.04.